The molecule has 0 aliphatic heterocycles. The molecule has 0 heterocycles. The highest BCUT2D eigenvalue weighted by molar-refractivity contribution is 7.92. The third-order valence-corrected chi connectivity index (χ3v) is 8.65. The fourth-order valence-corrected chi connectivity index (χ4v) is 6.06. The van der Waals surface area contributed by atoms with Crippen LogP contribution in [0.3, 0.4) is 0 Å². The van der Waals surface area contributed by atoms with E-state index in [-0.39, 0.29) is 29.5 Å². The molecule has 0 spiro atoms. The molecule has 0 saturated carbocycles. The van der Waals surface area contributed by atoms with Crippen LogP contribution in [-0.4, -0.2) is 51.4 Å². The quantitative estimate of drug-likeness (QED) is 0.237. The summed E-state index contributed by atoms with van der Waals surface area (Å²) in [6.45, 7) is 1.48. The second kappa shape index (κ2) is 14.5. The monoisotopic (exact) mass is 603 g/mol. The number of hydrogen-bond acceptors (Lipinski definition) is 5. The number of likely N-dealkylation sites (N-methyl/N-ethyl adjacent to an activating group) is 1. The van der Waals surface area contributed by atoms with E-state index in [0.29, 0.717) is 17.9 Å². The first-order valence-electron chi connectivity index (χ1n) is 13.8. The number of hydrogen-bond donors (Lipinski definition) is 1. The summed E-state index contributed by atoms with van der Waals surface area (Å²) in [6, 6.07) is 28.1. The summed E-state index contributed by atoms with van der Waals surface area (Å²) in [5, 5.41) is 2.81. The summed E-state index contributed by atoms with van der Waals surface area (Å²) in [5.74, 6) is -0.911. The molecule has 1 atom stereocenters. The number of carbonyl (C=O) groups is 2. The summed E-state index contributed by atoms with van der Waals surface area (Å²) in [7, 11) is -2.70. The predicted molar refractivity (Wildman–Crippen MR) is 164 cm³/mol. The van der Waals surface area contributed by atoms with Gasteiger partial charge in [0.25, 0.3) is 10.0 Å². The molecule has 4 aromatic carbocycles. The molecule has 43 heavy (non-hydrogen) atoms. The van der Waals surface area contributed by atoms with Crippen molar-refractivity contribution in [1.82, 2.24) is 10.2 Å². The van der Waals surface area contributed by atoms with Crippen molar-refractivity contribution in [2.45, 2.75) is 30.8 Å². The van der Waals surface area contributed by atoms with Crippen LogP contribution in [0, 0.1) is 5.82 Å². The Morgan fingerprint density at radius 3 is 2.02 bits per heavy atom. The molecule has 4 aromatic rings. The number of carbonyl (C=O) groups excluding carboxylic acids is 2. The second-order valence-electron chi connectivity index (χ2n) is 9.77. The molecule has 8 nitrogen and oxygen atoms in total. The van der Waals surface area contributed by atoms with Gasteiger partial charge in [-0.15, -0.1) is 0 Å². The SMILES string of the molecule is CCNC(=O)[C@H](Cc1ccccc1)N(Cc1ccc(F)cc1)C(=O)CN(c1ccc(OC)cc1)S(=O)(=O)c1ccccc1. The fraction of sp³-hybridized carbons (Fsp3) is 0.212. The lowest BCUT2D eigenvalue weighted by Crippen LogP contribution is -2.53. The van der Waals surface area contributed by atoms with Crippen LogP contribution in [0.1, 0.15) is 18.1 Å². The zero-order chi connectivity index (χ0) is 30.8. The van der Waals surface area contributed by atoms with Gasteiger partial charge in [0.2, 0.25) is 11.8 Å². The first-order chi connectivity index (χ1) is 20.7. The molecule has 0 unspecified atom stereocenters. The number of amides is 2. The molecule has 0 fully saturated rings. The molecular formula is C33H34FN3O5S. The van der Waals surface area contributed by atoms with Crippen molar-refractivity contribution >= 4 is 27.5 Å². The van der Waals surface area contributed by atoms with Crippen LogP contribution in [-0.2, 0) is 32.6 Å². The third kappa shape index (κ3) is 7.98. The van der Waals surface area contributed by atoms with E-state index < -0.39 is 34.3 Å². The summed E-state index contributed by atoms with van der Waals surface area (Å²) in [4.78, 5) is 29.1. The van der Waals surface area contributed by atoms with Gasteiger partial charge >= 0.3 is 0 Å². The van der Waals surface area contributed by atoms with Crippen molar-refractivity contribution in [3.8, 4) is 5.75 Å². The number of benzene rings is 4. The van der Waals surface area contributed by atoms with Gasteiger partial charge in [-0.25, -0.2) is 12.8 Å². The number of sulfonamides is 1. The minimum Gasteiger partial charge on any atom is -0.497 e. The Morgan fingerprint density at radius 2 is 1.44 bits per heavy atom. The van der Waals surface area contributed by atoms with Crippen molar-refractivity contribution < 1.29 is 27.1 Å². The maximum absolute atomic E-state index is 14.3. The van der Waals surface area contributed by atoms with Crippen molar-refractivity contribution in [3.63, 3.8) is 0 Å². The summed E-state index contributed by atoms with van der Waals surface area (Å²) in [5.41, 5.74) is 1.65. The van der Waals surface area contributed by atoms with Crippen LogP contribution < -0.4 is 14.4 Å². The lowest BCUT2D eigenvalue weighted by Gasteiger charge is -2.33. The normalized spacial score (nSPS) is 11.8. The molecule has 4 rings (SSSR count). The molecule has 0 saturated heterocycles. The van der Waals surface area contributed by atoms with Gasteiger partial charge in [0.05, 0.1) is 17.7 Å². The average molecular weight is 604 g/mol. The summed E-state index contributed by atoms with van der Waals surface area (Å²) in [6.07, 6.45) is 0.188. The van der Waals surface area contributed by atoms with E-state index in [1.165, 1.54) is 48.4 Å². The van der Waals surface area contributed by atoms with E-state index in [0.717, 1.165) is 9.87 Å². The Bertz CT molecular complexity index is 1600. The highest BCUT2D eigenvalue weighted by Gasteiger charge is 2.34. The van der Waals surface area contributed by atoms with E-state index in [2.05, 4.69) is 5.32 Å². The highest BCUT2D eigenvalue weighted by Crippen LogP contribution is 2.27. The number of nitrogens with one attached hydrogen (secondary N) is 1. The molecule has 0 aromatic heterocycles. The molecule has 10 heteroatoms. The van der Waals surface area contributed by atoms with E-state index >= 15 is 0 Å². The smallest absolute Gasteiger partial charge is 0.264 e. The van der Waals surface area contributed by atoms with Gasteiger partial charge in [-0.3, -0.25) is 13.9 Å². The molecule has 0 bridgehead atoms. The Kier molecular flexibility index (Phi) is 10.5. The Balaban J connectivity index is 1.78. The number of rotatable bonds is 13. The Hall–Kier alpha value is -4.70. The standard InChI is InChI=1S/C33H34FN3O5S/c1-3-35-33(39)31(22-25-10-6-4-7-11-25)36(23-26-14-16-27(34)17-15-26)32(38)24-37(28-18-20-29(42-2)21-19-28)43(40,41)30-12-8-5-9-13-30/h4-21,31H,3,22-24H2,1-2H3,(H,35,39)/t31-/m0/s1. The van der Waals surface area contributed by atoms with Gasteiger partial charge < -0.3 is 15.0 Å². The average Bonchev–Trinajstić information content (AvgIpc) is 3.03. The fourth-order valence-electron chi connectivity index (χ4n) is 4.63. The molecule has 224 valence electrons. The lowest BCUT2D eigenvalue weighted by atomic mass is 10.0. The van der Waals surface area contributed by atoms with Crippen LogP contribution in [0.25, 0.3) is 0 Å². The number of nitrogens with zero attached hydrogens (tertiary/aromatic N) is 2. The zero-order valence-electron chi connectivity index (χ0n) is 24.0. The molecule has 2 amide bonds. The molecule has 0 aliphatic carbocycles. The largest absolute Gasteiger partial charge is 0.497 e. The van der Waals surface area contributed by atoms with Crippen LogP contribution >= 0.6 is 0 Å². The van der Waals surface area contributed by atoms with Gasteiger partial charge in [0.1, 0.15) is 24.2 Å². The van der Waals surface area contributed by atoms with Crippen LogP contribution in [0.2, 0.25) is 0 Å². The minimum atomic E-state index is -4.20. The summed E-state index contributed by atoms with van der Waals surface area (Å²) < 4.78 is 47.9. The predicted octanol–water partition coefficient (Wildman–Crippen LogP) is 4.81. The molecule has 0 radical (unpaired) electrons. The van der Waals surface area contributed by atoms with Crippen molar-refractivity contribution in [2.75, 3.05) is 24.5 Å². The van der Waals surface area contributed by atoms with Gasteiger partial charge in [-0.05, 0) is 66.6 Å². The molecule has 1 N–H and O–H groups in total. The van der Waals surface area contributed by atoms with Crippen molar-refractivity contribution in [3.05, 3.63) is 126 Å². The molecular weight excluding hydrogens is 569 g/mol. The van der Waals surface area contributed by atoms with Crippen molar-refractivity contribution in [2.24, 2.45) is 0 Å². The third-order valence-electron chi connectivity index (χ3n) is 6.86. The Morgan fingerprint density at radius 1 is 0.837 bits per heavy atom. The highest BCUT2D eigenvalue weighted by atomic mass is 32.2. The molecule has 0 aliphatic rings. The number of ether oxygens (including phenoxy) is 1. The topological polar surface area (TPSA) is 96.0 Å². The van der Waals surface area contributed by atoms with E-state index in [9.17, 15) is 22.4 Å². The zero-order valence-corrected chi connectivity index (χ0v) is 24.8. The van der Waals surface area contributed by atoms with Gasteiger partial charge in [-0.2, -0.15) is 0 Å². The van der Waals surface area contributed by atoms with E-state index in [4.69, 9.17) is 4.74 Å². The van der Waals surface area contributed by atoms with Gasteiger partial charge in [0, 0.05) is 19.5 Å². The maximum Gasteiger partial charge on any atom is 0.264 e. The first-order valence-corrected chi connectivity index (χ1v) is 15.2. The van der Waals surface area contributed by atoms with Gasteiger partial charge in [0.15, 0.2) is 0 Å². The van der Waals surface area contributed by atoms with E-state index in [1.54, 1.807) is 49.4 Å². The summed E-state index contributed by atoms with van der Waals surface area (Å²) >= 11 is 0. The first kappa shape index (κ1) is 31.2. The lowest BCUT2D eigenvalue weighted by molar-refractivity contribution is -0.140. The number of halogens is 1. The minimum absolute atomic E-state index is 0.00765. The van der Waals surface area contributed by atoms with E-state index in [1.807, 2.05) is 30.3 Å². The second-order valence-corrected chi connectivity index (χ2v) is 11.6. The van der Waals surface area contributed by atoms with Crippen LogP contribution in [0.5, 0.6) is 5.75 Å². The maximum atomic E-state index is 14.3. The van der Waals surface area contributed by atoms with Crippen LogP contribution in [0.4, 0.5) is 10.1 Å². The Labute approximate surface area is 251 Å². The number of anilines is 1. The van der Waals surface area contributed by atoms with Crippen LogP contribution in [0.15, 0.2) is 114 Å². The number of methoxy groups -OCH3 is 1. The van der Waals surface area contributed by atoms with Gasteiger partial charge in [-0.1, -0.05) is 60.7 Å². The van der Waals surface area contributed by atoms with Crippen molar-refractivity contribution in [1.29, 1.82) is 0 Å².